The lowest BCUT2D eigenvalue weighted by Gasteiger charge is -2.12. The average Bonchev–Trinajstić information content (AvgIpc) is 2.73. The zero-order chi connectivity index (χ0) is 11.4. The molecule has 5 heteroatoms. The monoisotopic (exact) mass is 239 g/mol. The van der Waals surface area contributed by atoms with E-state index in [2.05, 4.69) is 22.2 Å². The number of ether oxygens (including phenoxy) is 1. The van der Waals surface area contributed by atoms with Gasteiger partial charge in [-0.25, -0.2) is 4.98 Å². The van der Waals surface area contributed by atoms with Crippen LogP contribution in [0.3, 0.4) is 0 Å². The molecule has 88 valence electrons. The molecule has 1 fully saturated rings. The molecule has 0 amide bonds. The highest BCUT2D eigenvalue weighted by molar-refractivity contribution is 7.99. The van der Waals surface area contributed by atoms with Gasteiger partial charge in [0.15, 0.2) is 0 Å². The minimum atomic E-state index is 0.370. The molecular formula is C11H17N3OS. The van der Waals surface area contributed by atoms with E-state index in [9.17, 15) is 0 Å². The van der Waals surface area contributed by atoms with Crippen molar-refractivity contribution in [3.8, 4) is 0 Å². The van der Waals surface area contributed by atoms with Crippen molar-refractivity contribution in [3.05, 3.63) is 18.1 Å². The molecule has 0 bridgehead atoms. The van der Waals surface area contributed by atoms with Crippen molar-refractivity contribution in [2.24, 2.45) is 0 Å². The van der Waals surface area contributed by atoms with E-state index < -0.39 is 0 Å². The van der Waals surface area contributed by atoms with Gasteiger partial charge in [0.05, 0.1) is 24.2 Å². The van der Waals surface area contributed by atoms with Gasteiger partial charge in [0, 0.05) is 24.7 Å². The highest BCUT2D eigenvalue weighted by atomic mass is 32.2. The fourth-order valence-corrected chi connectivity index (χ4v) is 2.83. The van der Waals surface area contributed by atoms with E-state index in [0.717, 1.165) is 30.3 Å². The molecule has 1 aromatic heterocycles. The molecule has 0 spiro atoms. The van der Waals surface area contributed by atoms with Crippen LogP contribution in [0, 0.1) is 0 Å². The van der Waals surface area contributed by atoms with Crippen LogP contribution < -0.4 is 5.32 Å². The van der Waals surface area contributed by atoms with Gasteiger partial charge < -0.3 is 10.1 Å². The molecule has 1 aliphatic heterocycles. The second kappa shape index (κ2) is 5.50. The maximum Gasteiger partial charge on any atom is 0.144 e. The lowest BCUT2D eigenvalue weighted by molar-refractivity contribution is 0.127. The quantitative estimate of drug-likeness (QED) is 0.870. The Hall–Kier alpha value is -0.810. The van der Waals surface area contributed by atoms with Crippen LogP contribution >= 0.6 is 11.8 Å². The Morgan fingerprint density at radius 3 is 2.94 bits per heavy atom. The summed E-state index contributed by atoms with van der Waals surface area (Å²) in [6.07, 6.45) is 5.12. The van der Waals surface area contributed by atoms with Crippen LogP contribution in [0.15, 0.2) is 12.4 Å². The average molecular weight is 239 g/mol. The van der Waals surface area contributed by atoms with Crippen LogP contribution in [0.5, 0.6) is 0 Å². The molecule has 16 heavy (non-hydrogen) atoms. The third-order valence-electron chi connectivity index (χ3n) is 2.71. The van der Waals surface area contributed by atoms with Crippen LogP contribution in [0.4, 0.5) is 5.82 Å². The van der Waals surface area contributed by atoms with E-state index in [4.69, 9.17) is 4.74 Å². The molecule has 4 nitrogen and oxygen atoms in total. The normalized spacial score (nSPS) is 24.6. The molecule has 1 saturated heterocycles. The van der Waals surface area contributed by atoms with Crippen molar-refractivity contribution >= 4 is 17.6 Å². The number of nitrogens with zero attached hydrogens (tertiary/aromatic N) is 2. The Bertz CT molecular complexity index is 331. The highest BCUT2D eigenvalue weighted by Gasteiger charge is 2.24. The van der Waals surface area contributed by atoms with Crippen molar-refractivity contribution in [2.75, 3.05) is 19.0 Å². The molecule has 1 aliphatic rings. The van der Waals surface area contributed by atoms with Crippen LogP contribution in [-0.4, -0.2) is 35.0 Å². The predicted molar refractivity (Wildman–Crippen MR) is 66.7 cm³/mol. The molecule has 0 radical (unpaired) electrons. The van der Waals surface area contributed by atoms with Crippen LogP contribution in [0.25, 0.3) is 0 Å². The third kappa shape index (κ3) is 2.86. The highest BCUT2D eigenvalue weighted by Crippen LogP contribution is 2.28. The third-order valence-corrected chi connectivity index (χ3v) is 4.22. The molecular weight excluding hydrogens is 222 g/mol. The first-order valence-electron chi connectivity index (χ1n) is 5.51. The van der Waals surface area contributed by atoms with Crippen molar-refractivity contribution in [1.82, 2.24) is 9.97 Å². The number of rotatable bonds is 4. The Kier molecular flexibility index (Phi) is 4.01. The van der Waals surface area contributed by atoms with Gasteiger partial charge in [-0.2, -0.15) is 0 Å². The summed E-state index contributed by atoms with van der Waals surface area (Å²) in [4.78, 5) is 8.59. The summed E-state index contributed by atoms with van der Waals surface area (Å²) < 4.78 is 5.52. The van der Waals surface area contributed by atoms with Crippen molar-refractivity contribution in [3.63, 3.8) is 0 Å². The minimum Gasteiger partial charge on any atom is -0.377 e. The molecule has 1 aromatic rings. The van der Waals surface area contributed by atoms with E-state index in [-0.39, 0.29) is 0 Å². The molecule has 2 rings (SSSR count). The van der Waals surface area contributed by atoms with Crippen molar-refractivity contribution in [1.29, 1.82) is 0 Å². The summed E-state index contributed by atoms with van der Waals surface area (Å²) in [6.45, 7) is 3.03. The van der Waals surface area contributed by atoms with Crippen LogP contribution in [0.2, 0.25) is 0 Å². The van der Waals surface area contributed by atoms with E-state index in [1.807, 2.05) is 25.0 Å². The van der Waals surface area contributed by atoms with Gasteiger partial charge in [-0.1, -0.05) is 0 Å². The molecule has 0 aliphatic carbocycles. The maximum absolute atomic E-state index is 5.52. The topological polar surface area (TPSA) is 47.0 Å². The summed E-state index contributed by atoms with van der Waals surface area (Å²) in [5, 5.41) is 3.56. The number of aromatic nitrogens is 2. The number of anilines is 1. The van der Waals surface area contributed by atoms with Gasteiger partial charge in [-0.05, 0) is 13.3 Å². The first kappa shape index (κ1) is 11.7. The summed E-state index contributed by atoms with van der Waals surface area (Å²) in [7, 11) is 1.84. The number of thioether (sulfide) groups is 1. The van der Waals surface area contributed by atoms with Gasteiger partial charge in [-0.15, -0.1) is 11.8 Å². The summed E-state index contributed by atoms with van der Waals surface area (Å²) in [5.41, 5.74) is 1.03. The number of hydrogen-bond donors (Lipinski definition) is 1. The van der Waals surface area contributed by atoms with Gasteiger partial charge >= 0.3 is 0 Å². The zero-order valence-corrected chi connectivity index (χ0v) is 10.5. The number of nitrogens with one attached hydrogen (secondary N) is 1. The van der Waals surface area contributed by atoms with E-state index in [1.165, 1.54) is 0 Å². The lowest BCUT2D eigenvalue weighted by Crippen LogP contribution is -2.13. The molecule has 1 N–H and O–H groups in total. The standard InChI is InChI=1S/C11H17N3OS/c1-8-10(3-4-15-8)16-7-9-5-14-11(12-2)6-13-9/h5-6,8,10H,3-4,7H2,1-2H3,(H,12,14). The molecule has 2 heterocycles. The first-order valence-corrected chi connectivity index (χ1v) is 6.56. The van der Waals surface area contributed by atoms with Gasteiger partial charge in [0.2, 0.25) is 0 Å². The fraction of sp³-hybridized carbons (Fsp3) is 0.636. The van der Waals surface area contributed by atoms with E-state index >= 15 is 0 Å². The molecule has 2 unspecified atom stereocenters. The Balaban J connectivity index is 1.84. The smallest absolute Gasteiger partial charge is 0.144 e. The van der Waals surface area contributed by atoms with Crippen LogP contribution in [0.1, 0.15) is 19.0 Å². The van der Waals surface area contributed by atoms with Crippen molar-refractivity contribution in [2.45, 2.75) is 30.5 Å². The lowest BCUT2D eigenvalue weighted by atomic mass is 10.3. The van der Waals surface area contributed by atoms with Gasteiger partial charge in [0.1, 0.15) is 5.82 Å². The van der Waals surface area contributed by atoms with Gasteiger partial charge in [-0.3, -0.25) is 4.98 Å². The minimum absolute atomic E-state index is 0.370. The molecule has 0 saturated carbocycles. The maximum atomic E-state index is 5.52. The zero-order valence-electron chi connectivity index (χ0n) is 9.64. The largest absolute Gasteiger partial charge is 0.377 e. The molecule has 0 aromatic carbocycles. The summed E-state index contributed by atoms with van der Waals surface area (Å²) >= 11 is 1.91. The summed E-state index contributed by atoms with van der Waals surface area (Å²) in [5.74, 6) is 1.72. The second-order valence-electron chi connectivity index (χ2n) is 3.86. The predicted octanol–water partition coefficient (Wildman–Crippen LogP) is 1.93. The fourth-order valence-electron chi connectivity index (χ4n) is 1.68. The van der Waals surface area contributed by atoms with Crippen molar-refractivity contribution < 1.29 is 4.74 Å². The first-order chi connectivity index (χ1) is 7.79. The SMILES string of the molecule is CNc1cnc(CSC2CCOC2C)cn1. The Morgan fingerprint density at radius 1 is 1.50 bits per heavy atom. The van der Waals surface area contributed by atoms with Crippen LogP contribution in [-0.2, 0) is 10.5 Å². The Morgan fingerprint density at radius 2 is 2.38 bits per heavy atom. The molecule has 2 atom stereocenters. The second-order valence-corrected chi connectivity index (χ2v) is 5.08. The Labute approximate surface area is 100 Å². The van der Waals surface area contributed by atoms with Gasteiger partial charge in [0.25, 0.3) is 0 Å². The van der Waals surface area contributed by atoms with E-state index in [1.54, 1.807) is 6.20 Å². The summed E-state index contributed by atoms with van der Waals surface area (Å²) in [6, 6.07) is 0. The van der Waals surface area contributed by atoms with E-state index in [0.29, 0.717) is 11.4 Å². The number of hydrogen-bond acceptors (Lipinski definition) is 5.